The van der Waals surface area contributed by atoms with Crippen LogP contribution in [0.15, 0.2) is 18.2 Å². The lowest BCUT2D eigenvalue weighted by molar-refractivity contribution is -0.138. The minimum atomic E-state index is -0.741. The van der Waals surface area contributed by atoms with E-state index in [1.807, 2.05) is 0 Å². The molecule has 122 valence electrons. The van der Waals surface area contributed by atoms with Crippen LogP contribution in [0.25, 0.3) is 0 Å². The zero-order chi connectivity index (χ0) is 16.4. The topological polar surface area (TPSA) is 74.6 Å². The monoisotopic (exact) mass is 306 g/mol. The van der Waals surface area contributed by atoms with Crippen LogP contribution in [0.2, 0.25) is 0 Å². The minimum absolute atomic E-state index is 0.223. The van der Waals surface area contributed by atoms with E-state index in [2.05, 4.69) is 25.1 Å². The van der Waals surface area contributed by atoms with Gasteiger partial charge in [0.1, 0.15) is 0 Å². The van der Waals surface area contributed by atoms with Gasteiger partial charge in [-0.3, -0.25) is 9.59 Å². The van der Waals surface area contributed by atoms with Gasteiger partial charge in [0.15, 0.2) is 0 Å². The molecule has 0 fully saturated rings. The highest BCUT2D eigenvalue weighted by Crippen LogP contribution is 2.18. The summed E-state index contributed by atoms with van der Waals surface area (Å²) < 4.78 is 0. The lowest BCUT2D eigenvalue weighted by Gasteiger charge is -2.11. The van der Waals surface area contributed by atoms with Gasteiger partial charge >= 0.3 is 11.9 Å². The number of hydrogen-bond donors (Lipinski definition) is 2. The summed E-state index contributed by atoms with van der Waals surface area (Å²) >= 11 is 0. The summed E-state index contributed by atoms with van der Waals surface area (Å²) in [6.45, 7) is 2.12. The van der Waals surface area contributed by atoms with E-state index in [-0.39, 0.29) is 12.8 Å². The van der Waals surface area contributed by atoms with Crippen molar-refractivity contribution < 1.29 is 19.8 Å². The average molecular weight is 306 g/mol. The predicted molar refractivity (Wildman–Crippen MR) is 86.2 cm³/mol. The van der Waals surface area contributed by atoms with Crippen molar-refractivity contribution >= 4 is 11.9 Å². The second-order valence-corrected chi connectivity index (χ2v) is 5.66. The van der Waals surface area contributed by atoms with E-state index < -0.39 is 11.9 Å². The van der Waals surface area contributed by atoms with Crippen molar-refractivity contribution in [3.63, 3.8) is 0 Å². The molecule has 0 amide bonds. The van der Waals surface area contributed by atoms with Crippen molar-refractivity contribution in [1.29, 1.82) is 0 Å². The Kier molecular flexibility index (Phi) is 8.26. The summed E-state index contributed by atoms with van der Waals surface area (Å²) in [7, 11) is 0. The van der Waals surface area contributed by atoms with Gasteiger partial charge in [0, 0.05) is 12.8 Å². The Morgan fingerprint density at radius 1 is 0.864 bits per heavy atom. The van der Waals surface area contributed by atoms with E-state index in [1.54, 1.807) is 0 Å². The third kappa shape index (κ3) is 7.25. The Balaban J connectivity index is 2.57. The predicted octanol–water partition coefficient (Wildman–Crippen LogP) is 3.84. The molecule has 2 N–H and O–H groups in total. The van der Waals surface area contributed by atoms with Crippen molar-refractivity contribution in [3.8, 4) is 0 Å². The molecule has 0 saturated heterocycles. The molecule has 0 saturated carbocycles. The van der Waals surface area contributed by atoms with Crippen LogP contribution in [0.1, 0.15) is 62.1 Å². The van der Waals surface area contributed by atoms with Gasteiger partial charge in [-0.05, 0) is 61.6 Å². The number of rotatable bonds is 11. The maximum absolute atomic E-state index is 10.6. The van der Waals surface area contributed by atoms with Crippen molar-refractivity contribution in [2.24, 2.45) is 0 Å². The second kappa shape index (κ2) is 9.98. The highest BCUT2D eigenvalue weighted by atomic mass is 16.4. The molecule has 0 aliphatic carbocycles. The van der Waals surface area contributed by atoms with Crippen LogP contribution >= 0.6 is 0 Å². The first-order chi connectivity index (χ1) is 10.5. The van der Waals surface area contributed by atoms with Gasteiger partial charge in [-0.1, -0.05) is 25.1 Å². The van der Waals surface area contributed by atoms with Gasteiger partial charge in [0.25, 0.3) is 0 Å². The first-order valence-electron chi connectivity index (χ1n) is 8.07. The van der Waals surface area contributed by atoms with Crippen LogP contribution in [-0.2, 0) is 28.9 Å². The maximum Gasteiger partial charge on any atom is 0.303 e. The van der Waals surface area contributed by atoms with E-state index >= 15 is 0 Å². The molecule has 0 radical (unpaired) electrons. The normalized spacial score (nSPS) is 10.6. The molecule has 0 atom stereocenters. The fraction of sp³-hybridized carbons (Fsp3) is 0.556. The molecule has 0 spiro atoms. The molecule has 4 nitrogen and oxygen atoms in total. The molecule has 22 heavy (non-hydrogen) atoms. The lowest BCUT2D eigenvalue weighted by Crippen LogP contribution is -2.00. The average Bonchev–Trinajstić information content (AvgIpc) is 2.48. The summed E-state index contributed by atoms with van der Waals surface area (Å²) in [5.74, 6) is -1.48. The fourth-order valence-electron chi connectivity index (χ4n) is 2.56. The van der Waals surface area contributed by atoms with E-state index in [0.29, 0.717) is 12.8 Å². The molecular weight excluding hydrogens is 280 g/mol. The number of unbranched alkanes of at least 4 members (excludes halogenated alkanes) is 2. The van der Waals surface area contributed by atoms with E-state index in [9.17, 15) is 9.59 Å². The third-order valence-electron chi connectivity index (χ3n) is 3.85. The van der Waals surface area contributed by atoms with Gasteiger partial charge < -0.3 is 10.2 Å². The molecule has 1 aromatic carbocycles. The van der Waals surface area contributed by atoms with E-state index in [0.717, 1.165) is 32.1 Å². The highest BCUT2D eigenvalue weighted by Gasteiger charge is 2.06. The number of benzene rings is 1. The molecule has 1 rings (SSSR count). The zero-order valence-corrected chi connectivity index (χ0v) is 13.3. The molecule has 0 bridgehead atoms. The van der Waals surface area contributed by atoms with Crippen molar-refractivity contribution in [3.05, 3.63) is 34.9 Å². The SMILES string of the molecule is CCc1ccc(CCCCC(=O)O)c(CCCCC(=O)O)c1. The Bertz CT molecular complexity index is 494. The van der Waals surface area contributed by atoms with Gasteiger partial charge in [-0.25, -0.2) is 0 Å². The number of hydrogen-bond acceptors (Lipinski definition) is 2. The first-order valence-corrected chi connectivity index (χ1v) is 8.07. The van der Waals surface area contributed by atoms with Crippen molar-refractivity contribution in [1.82, 2.24) is 0 Å². The Hall–Kier alpha value is -1.84. The standard InChI is InChI=1S/C18H26O4/c1-2-14-11-12-15(7-3-5-9-17(19)20)16(13-14)8-4-6-10-18(21)22/h11-13H,2-10H2,1H3,(H,19,20)(H,21,22). The van der Waals surface area contributed by atoms with Crippen LogP contribution in [-0.4, -0.2) is 22.2 Å². The molecular formula is C18H26O4. The molecule has 0 unspecified atom stereocenters. The highest BCUT2D eigenvalue weighted by molar-refractivity contribution is 5.66. The molecule has 1 aromatic rings. The second-order valence-electron chi connectivity index (χ2n) is 5.66. The van der Waals surface area contributed by atoms with Crippen LogP contribution < -0.4 is 0 Å². The number of aliphatic carboxylic acids is 2. The Morgan fingerprint density at radius 3 is 1.91 bits per heavy atom. The maximum atomic E-state index is 10.6. The smallest absolute Gasteiger partial charge is 0.303 e. The van der Waals surface area contributed by atoms with Gasteiger partial charge in [-0.2, -0.15) is 0 Å². The summed E-state index contributed by atoms with van der Waals surface area (Å²) in [5.41, 5.74) is 3.86. The fourth-order valence-corrected chi connectivity index (χ4v) is 2.56. The lowest BCUT2D eigenvalue weighted by atomic mass is 9.94. The first kappa shape index (κ1) is 18.2. The van der Waals surface area contributed by atoms with E-state index in [1.165, 1.54) is 16.7 Å². The van der Waals surface area contributed by atoms with Crippen LogP contribution in [0.5, 0.6) is 0 Å². The summed E-state index contributed by atoms with van der Waals surface area (Å²) in [4.78, 5) is 21.1. The van der Waals surface area contributed by atoms with Crippen LogP contribution in [0.3, 0.4) is 0 Å². The number of aryl methyl sites for hydroxylation is 3. The summed E-state index contributed by atoms with van der Waals surface area (Å²) in [6, 6.07) is 6.49. The number of carboxylic acid groups (broad SMARTS) is 2. The Labute approximate surface area is 132 Å². The number of carboxylic acids is 2. The summed E-state index contributed by atoms with van der Waals surface area (Å²) in [6.07, 6.45) is 6.37. The van der Waals surface area contributed by atoms with Crippen LogP contribution in [0, 0.1) is 0 Å². The van der Waals surface area contributed by atoms with E-state index in [4.69, 9.17) is 10.2 Å². The minimum Gasteiger partial charge on any atom is -0.481 e. The van der Waals surface area contributed by atoms with Crippen molar-refractivity contribution in [2.75, 3.05) is 0 Å². The molecule has 0 aromatic heterocycles. The quantitative estimate of drug-likeness (QED) is 0.609. The molecule has 0 heterocycles. The Morgan fingerprint density at radius 2 is 1.41 bits per heavy atom. The largest absolute Gasteiger partial charge is 0.481 e. The van der Waals surface area contributed by atoms with Gasteiger partial charge in [0.2, 0.25) is 0 Å². The molecule has 4 heteroatoms. The molecule has 0 aliphatic rings. The zero-order valence-electron chi connectivity index (χ0n) is 13.3. The number of carbonyl (C=O) groups is 2. The third-order valence-corrected chi connectivity index (χ3v) is 3.85. The molecule has 0 aliphatic heterocycles. The van der Waals surface area contributed by atoms with Crippen LogP contribution in [0.4, 0.5) is 0 Å². The van der Waals surface area contributed by atoms with Crippen molar-refractivity contribution in [2.45, 2.75) is 64.7 Å². The summed E-state index contributed by atoms with van der Waals surface area (Å²) in [5, 5.41) is 17.4. The van der Waals surface area contributed by atoms with Gasteiger partial charge in [0.05, 0.1) is 0 Å². The van der Waals surface area contributed by atoms with Gasteiger partial charge in [-0.15, -0.1) is 0 Å².